The molecule has 0 radical (unpaired) electrons. The largest absolute Gasteiger partial charge is 0.182 e. The summed E-state index contributed by atoms with van der Waals surface area (Å²) in [4.78, 5) is 0. The van der Waals surface area contributed by atoms with Gasteiger partial charge in [-0.05, 0) is 101 Å². The van der Waals surface area contributed by atoms with Crippen LogP contribution in [0.5, 0.6) is 0 Å². The average molecular weight is 679 g/mol. The molecule has 0 unspecified atom stereocenters. The lowest BCUT2D eigenvalue weighted by molar-refractivity contribution is 0.571. The molecule has 0 aromatic heterocycles. The Kier molecular flexibility index (Phi) is 8.98. The highest BCUT2D eigenvalue weighted by Gasteiger charge is 2.56. The predicted molar refractivity (Wildman–Crippen MR) is 224 cm³/mol. The van der Waals surface area contributed by atoms with Gasteiger partial charge in [-0.25, -0.2) is 0 Å². The zero-order chi connectivity index (χ0) is 36.0. The summed E-state index contributed by atoms with van der Waals surface area (Å²) in [6.07, 6.45) is 0. The normalized spacial score (nSPS) is 14.7. The van der Waals surface area contributed by atoms with Crippen LogP contribution >= 0.6 is 0 Å². The van der Waals surface area contributed by atoms with E-state index in [0.717, 1.165) is 0 Å². The van der Waals surface area contributed by atoms with Gasteiger partial charge in [-0.3, -0.25) is 0 Å². The van der Waals surface area contributed by atoms with Crippen LogP contribution in [0.25, 0.3) is 21.5 Å². The van der Waals surface area contributed by atoms with Crippen molar-refractivity contribution in [1.82, 2.24) is 0 Å². The third-order valence-corrected chi connectivity index (χ3v) is 15.8. The Hall–Kier alpha value is -4.98. The van der Waals surface area contributed by atoms with E-state index in [-0.39, 0.29) is 10.8 Å². The summed E-state index contributed by atoms with van der Waals surface area (Å²) in [7, 11) is -3.22. The van der Waals surface area contributed by atoms with Gasteiger partial charge in [0.15, 0.2) is 8.07 Å². The van der Waals surface area contributed by atoms with E-state index in [2.05, 4.69) is 213 Å². The first-order valence-corrected chi connectivity index (χ1v) is 20.4. The van der Waals surface area contributed by atoms with Crippen LogP contribution in [0.2, 0.25) is 0 Å². The molecular formula is C50H50Si. The fourth-order valence-electron chi connectivity index (χ4n) is 8.67. The van der Waals surface area contributed by atoms with E-state index in [0.29, 0.717) is 0 Å². The molecule has 0 nitrogen and oxygen atoms in total. The molecule has 0 amide bonds. The zero-order valence-corrected chi connectivity index (χ0v) is 32.5. The second kappa shape index (κ2) is 13.3. The molecule has 6 aromatic carbocycles. The van der Waals surface area contributed by atoms with E-state index < -0.39 is 8.07 Å². The van der Waals surface area contributed by atoms with E-state index in [4.69, 9.17) is 0 Å². The second-order valence-electron chi connectivity index (χ2n) is 16.2. The molecule has 0 atom stereocenters. The molecule has 1 aliphatic rings. The Morgan fingerprint density at radius 1 is 0.412 bits per heavy atom. The van der Waals surface area contributed by atoms with Crippen molar-refractivity contribution in [2.24, 2.45) is 0 Å². The second-order valence-corrected chi connectivity index (χ2v) is 19.8. The number of allylic oxidation sites excluding steroid dienone is 2. The van der Waals surface area contributed by atoms with E-state index in [1.165, 1.54) is 71.2 Å². The van der Waals surface area contributed by atoms with Gasteiger partial charge in [0, 0.05) is 0 Å². The molecule has 1 aliphatic heterocycles. The molecule has 0 saturated heterocycles. The molecule has 7 rings (SSSR count). The summed E-state index contributed by atoms with van der Waals surface area (Å²) >= 11 is 0. The van der Waals surface area contributed by atoms with Gasteiger partial charge in [0.1, 0.15) is 0 Å². The molecule has 6 aromatic rings. The summed E-state index contributed by atoms with van der Waals surface area (Å²) in [6.45, 7) is 19.3. The number of rotatable bonds is 6. The number of hydrogen-bond acceptors (Lipinski definition) is 0. The minimum Gasteiger partial charge on any atom is -0.0623 e. The third kappa shape index (κ3) is 5.88. The third-order valence-electron chi connectivity index (χ3n) is 10.7. The van der Waals surface area contributed by atoms with E-state index in [9.17, 15) is 0 Å². The van der Waals surface area contributed by atoms with E-state index in [1.54, 1.807) is 5.19 Å². The van der Waals surface area contributed by atoms with Crippen LogP contribution in [0.3, 0.4) is 0 Å². The molecule has 0 spiro atoms. The lowest BCUT2D eigenvalue weighted by atomic mass is 9.77. The predicted octanol–water partition coefficient (Wildman–Crippen LogP) is 11.8. The Bertz CT molecular complexity index is 2130. The molecule has 51 heavy (non-hydrogen) atoms. The summed E-state index contributed by atoms with van der Waals surface area (Å²) in [5.74, 6) is 0. The zero-order valence-electron chi connectivity index (χ0n) is 31.5. The maximum absolute atomic E-state index is 3.22. The fraction of sp³-hybridized carbons (Fsp3) is 0.200. The van der Waals surface area contributed by atoms with E-state index in [1.807, 2.05) is 0 Å². The van der Waals surface area contributed by atoms with Gasteiger partial charge >= 0.3 is 0 Å². The topological polar surface area (TPSA) is 0 Å². The maximum Gasteiger partial charge on any atom is 0.182 e. The van der Waals surface area contributed by atoms with Gasteiger partial charge in [-0.1, -0.05) is 199 Å². The highest BCUT2D eigenvalue weighted by Crippen LogP contribution is 2.56. The summed E-state index contributed by atoms with van der Waals surface area (Å²) in [6, 6.07) is 59.3. The molecular weight excluding hydrogens is 629 g/mol. The van der Waals surface area contributed by atoms with Crippen molar-refractivity contribution in [2.75, 3.05) is 0 Å². The molecule has 0 N–H and O–H groups in total. The van der Waals surface area contributed by atoms with Crippen molar-refractivity contribution in [3.63, 3.8) is 0 Å². The van der Waals surface area contributed by atoms with Gasteiger partial charge in [0.05, 0.1) is 0 Å². The van der Waals surface area contributed by atoms with Crippen molar-refractivity contribution in [3.8, 4) is 0 Å². The lowest BCUT2D eigenvalue weighted by Crippen LogP contribution is -2.64. The van der Waals surface area contributed by atoms with Gasteiger partial charge in [-0.15, -0.1) is 0 Å². The van der Waals surface area contributed by atoms with E-state index >= 15 is 0 Å². The molecule has 254 valence electrons. The highest BCUT2D eigenvalue weighted by molar-refractivity contribution is 7.29. The minimum absolute atomic E-state index is 0.116. The van der Waals surface area contributed by atoms with Crippen LogP contribution in [0.4, 0.5) is 0 Å². The standard InChI is InChI=1S/C50H50Si/c1-35-34-42(49(3,4)5)48(45(36(35)2)50(6,7)8)51(41-32-22-13-23-33-41)46(39-28-18-11-19-29-39)43(37-24-14-9-15-25-37)44(38-26-16-10-17-27-38)47(51)40-30-20-12-21-31-40/h9-34H,1-8H3. The summed E-state index contributed by atoms with van der Waals surface area (Å²) < 4.78 is 0. The highest BCUT2D eigenvalue weighted by atomic mass is 28.3. The van der Waals surface area contributed by atoms with Crippen LogP contribution < -0.4 is 10.4 Å². The molecule has 0 bridgehead atoms. The van der Waals surface area contributed by atoms with Crippen molar-refractivity contribution in [2.45, 2.75) is 66.2 Å². The van der Waals surface area contributed by atoms with Crippen molar-refractivity contribution in [3.05, 3.63) is 202 Å². The first kappa shape index (κ1) is 34.5. The van der Waals surface area contributed by atoms with Crippen molar-refractivity contribution < 1.29 is 0 Å². The van der Waals surface area contributed by atoms with Crippen LogP contribution in [-0.2, 0) is 10.8 Å². The first-order valence-electron chi connectivity index (χ1n) is 18.4. The van der Waals surface area contributed by atoms with Gasteiger partial charge in [0.25, 0.3) is 0 Å². The molecule has 0 aliphatic carbocycles. The average Bonchev–Trinajstić information content (AvgIpc) is 3.46. The van der Waals surface area contributed by atoms with Gasteiger partial charge in [-0.2, -0.15) is 0 Å². The van der Waals surface area contributed by atoms with Crippen molar-refractivity contribution in [1.29, 1.82) is 0 Å². The number of aryl methyl sites for hydroxylation is 1. The summed E-state index contributed by atoms with van der Waals surface area (Å²) in [5.41, 5.74) is 13.3. The summed E-state index contributed by atoms with van der Waals surface area (Å²) in [5, 5.41) is 5.91. The Morgan fingerprint density at radius 2 is 0.765 bits per heavy atom. The minimum atomic E-state index is -3.22. The Balaban J connectivity index is 1.90. The Morgan fingerprint density at radius 3 is 1.12 bits per heavy atom. The first-order chi connectivity index (χ1) is 24.5. The molecule has 1 heteroatoms. The molecule has 0 saturated carbocycles. The smallest absolute Gasteiger partial charge is 0.0623 e. The Labute approximate surface area is 307 Å². The van der Waals surface area contributed by atoms with Gasteiger partial charge < -0.3 is 0 Å². The molecule has 1 heterocycles. The fourth-order valence-corrected chi connectivity index (χ4v) is 15.3. The SMILES string of the molecule is Cc1cc(C(C)(C)C)c([Si]2(c3ccccc3)C(c3ccccc3)=C(c3ccccc3)C(c3ccccc3)=C2c2ccccc2)c(C(C)(C)C)c1C. The van der Waals surface area contributed by atoms with Crippen LogP contribution in [0.15, 0.2) is 158 Å². The van der Waals surface area contributed by atoms with Crippen LogP contribution in [0.1, 0.15) is 86.1 Å². The quantitative estimate of drug-likeness (QED) is 0.154. The molecule has 0 fully saturated rings. The van der Waals surface area contributed by atoms with Crippen LogP contribution in [-0.4, -0.2) is 8.07 Å². The van der Waals surface area contributed by atoms with Crippen LogP contribution in [0, 0.1) is 13.8 Å². The maximum atomic E-state index is 2.55. The monoisotopic (exact) mass is 678 g/mol. The van der Waals surface area contributed by atoms with Gasteiger partial charge in [0.2, 0.25) is 0 Å². The lowest BCUT2D eigenvalue weighted by Gasteiger charge is -2.44. The number of benzene rings is 6. The van der Waals surface area contributed by atoms with Crippen molar-refractivity contribution >= 4 is 40.0 Å². The number of hydrogen-bond donors (Lipinski definition) is 0.